The summed E-state index contributed by atoms with van der Waals surface area (Å²) in [4.78, 5) is 0. The van der Waals surface area contributed by atoms with Gasteiger partial charge in [-0.25, -0.2) is 0 Å². The summed E-state index contributed by atoms with van der Waals surface area (Å²) in [5.74, 6) is 0.399. The molecular formula is C13H13BrF3N3O. The molecule has 8 heteroatoms. The minimum atomic E-state index is -4.42. The number of hydrogen-bond acceptors (Lipinski definition) is 4. The highest BCUT2D eigenvalue weighted by atomic mass is 79.9. The molecule has 4 nitrogen and oxygen atoms in total. The fraction of sp³-hybridized carbons (Fsp3) is 0.385. The molecule has 0 saturated heterocycles. The summed E-state index contributed by atoms with van der Waals surface area (Å²) in [6, 6.07) is 3.17. The van der Waals surface area contributed by atoms with Crippen LogP contribution < -0.4 is 5.32 Å². The predicted octanol–water partition coefficient (Wildman–Crippen LogP) is 4.19. The molecule has 0 amide bonds. The lowest BCUT2D eigenvalue weighted by Gasteiger charge is -2.09. The summed E-state index contributed by atoms with van der Waals surface area (Å²) in [5.41, 5.74) is -0.546. The fourth-order valence-electron chi connectivity index (χ4n) is 1.85. The second kappa shape index (κ2) is 6.15. The standard InChI is InChI=1S/C13H13BrF3N3O/c1-3-10(18-2)12-20-19-11(21-12)8-6-7(13(15,16)17)4-5-9(8)14/h4-6,10,18H,3H2,1-2H3. The monoisotopic (exact) mass is 363 g/mol. The van der Waals surface area contributed by atoms with Crippen LogP contribution in [0.2, 0.25) is 0 Å². The average molecular weight is 364 g/mol. The van der Waals surface area contributed by atoms with E-state index < -0.39 is 11.7 Å². The number of alkyl halides is 3. The first-order valence-corrected chi connectivity index (χ1v) is 7.04. The SMILES string of the molecule is CCC(NC)c1nnc(-c2cc(C(F)(F)F)ccc2Br)o1. The molecule has 2 rings (SSSR count). The molecule has 1 unspecified atom stereocenters. The molecule has 1 N–H and O–H groups in total. The highest BCUT2D eigenvalue weighted by Crippen LogP contribution is 2.35. The summed E-state index contributed by atoms with van der Waals surface area (Å²) < 4.78 is 44.2. The first kappa shape index (κ1) is 16.0. The van der Waals surface area contributed by atoms with Crippen molar-refractivity contribution in [2.24, 2.45) is 0 Å². The molecule has 21 heavy (non-hydrogen) atoms. The largest absolute Gasteiger partial charge is 0.419 e. The van der Waals surface area contributed by atoms with Crippen molar-refractivity contribution < 1.29 is 17.6 Å². The van der Waals surface area contributed by atoms with Crippen molar-refractivity contribution in [3.8, 4) is 11.5 Å². The van der Waals surface area contributed by atoms with E-state index in [1.165, 1.54) is 6.07 Å². The third-order valence-corrected chi connectivity index (χ3v) is 3.71. The van der Waals surface area contributed by atoms with Gasteiger partial charge in [0.15, 0.2) is 0 Å². The fourth-order valence-corrected chi connectivity index (χ4v) is 2.27. The van der Waals surface area contributed by atoms with Crippen LogP contribution >= 0.6 is 15.9 Å². The third-order valence-electron chi connectivity index (χ3n) is 3.02. The molecule has 0 aliphatic rings. The molecule has 0 aliphatic carbocycles. The van der Waals surface area contributed by atoms with E-state index in [0.29, 0.717) is 10.4 Å². The maximum absolute atomic E-state index is 12.8. The summed E-state index contributed by atoms with van der Waals surface area (Å²) in [5, 5.41) is 10.7. The van der Waals surface area contributed by atoms with Gasteiger partial charge in [-0.3, -0.25) is 0 Å². The maximum atomic E-state index is 12.8. The highest BCUT2D eigenvalue weighted by molar-refractivity contribution is 9.10. The Bertz CT molecular complexity index is 623. The molecule has 0 aliphatic heterocycles. The van der Waals surface area contributed by atoms with Crippen LogP contribution in [0.3, 0.4) is 0 Å². The van der Waals surface area contributed by atoms with Crippen molar-refractivity contribution in [3.05, 3.63) is 34.1 Å². The Morgan fingerprint density at radius 2 is 2.05 bits per heavy atom. The van der Waals surface area contributed by atoms with E-state index in [1.54, 1.807) is 7.05 Å². The van der Waals surface area contributed by atoms with Crippen molar-refractivity contribution in [1.29, 1.82) is 0 Å². The number of aromatic nitrogens is 2. The van der Waals surface area contributed by atoms with Crippen LogP contribution in [0.15, 0.2) is 27.1 Å². The lowest BCUT2D eigenvalue weighted by atomic mass is 10.1. The van der Waals surface area contributed by atoms with Crippen molar-refractivity contribution in [1.82, 2.24) is 15.5 Å². The Hall–Kier alpha value is -1.41. The van der Waals surface area contributed by atoms with E-state index in [2.05, 4.69) is 31.4 Å². The molecule has 114 valence electrons. The van der Waals surface area contributed by atoms with Gasteiger partial charge in [0.25, 0.3) is 0 Å². The van der Waals surface area contributed by atoms with Gasteiger partial charge >= 0.3 is 6.18 Å². The first-order valence-electron chi connectivity index (χ1n) is 6.24. The molecule has 1 aromatic heterocycles. The zero-order chi connectivity index (χ0) is 15.6. The van der Waals surface area contributed by atoms with Gasteiger partial charge in [-0.05, 0) is 47.6 Å². The third kappa shape index (κ3) is 3.44. The first-order chi connectivity index (χ1) is 9.86. The minimum Gasteiger partial charge on any atom is -0.419 e. The lowest BCUT2D eigenvalue weighted by molar-refractivity contribution is -0.137. The number of nitrogens with zero attached hydrogens (tertiary/aromatic N) is 2. The molecule has 1 atom stereocenters. The smallest absolute Gasteiger partial charge is 0.416 e. The zero-order valence-electron chi connectivity index (χ0n) is 11.3. The molecule has 0 bridgehead atoms. The molecule has 1 aromatic carbocycles. The van der Waals surface area contributed by atoms with E-state index in [4.69, 9.17) is 4.42 Å². The Labute approximate surface area is 127 Å². The Balaban J connectivity index is 2.42. The van der Waals surface area contributed by atoms with E-state index in [-0.39, 0.29) is 17.5 Å². The molecule has 0 saturated carbocycles. The van der Waals surface area contributed by atoms with Crippen LogP contribution in [0, 0.1) is 0 Å². The normalized spacial score (nSPS) is 13.4. The van der Waals surface area contributed by atoms with Gasteiger partial charge < -0.3 is 9.73 Å². The number of halogens is 4. The lowest BCUT2D eigenvalue weighted by Crippen LogP contribution is -2.15. The molecule has 1 heterocycles. The van der Waals surface area contributed by atoms with Gasteiger partial charge in [-0.1, -0.05) is 6.92 Å². The van der Waals surface area contributed by atoms with Gasteiger partial charge in [0, 0.05) is 4.47 Å². The van der Waals surface area contributed by atoms with Gasteiger partial charge in [-0.2, -0.15) is 13.2 Å². The minimum absolute atomic E-state index is 0.0525. The van der Waals surface area contributed by atoms with Crippen molar-refractivity contribution in [2.45, 2.75) is 25.6 Å². The Morgan fingerprint density at radius 1 is 1.33 bits per heavy atom. The summed E-state index contributed by atoms with van der Waals surface area (Å²) in [6.07, 6.45) is -3.70. The second-order valence-electron chi connectivity index (χ2n) is 4.39. The summed E-state index contributed by atoms with van der Waals surface area (Å²) >= 11 is 3.20. The molecule has 0 radical (unpaired) electrons. The average Bonchev–Trinajstić information content (AvgIpc) is 2.89. The number of benzene rings is 1. The maximum Gasteiger partial charge on any atom is 0.416 e. The van der Waals surface area contributed by atoms with Gasteiger partial charge in [0.1, 0.15) is 0 Å². The van der Waals surface area contributed by atoms with E-state index in [0.717, 1.165) is 18.6 Å². The number of hydrogen-bond donors (Lipinski definition) is 1. The van der Waals surface area contributed by atoms with E-state index in [9.17, 15) is 13.2 Å². The predicted molar refractivity (Wildman–Crippen MR) is 74.5 cm³/mol. The van der Waals surface area contributed by atoms with Crippen LogP contribution in [0.4, 0.5) is 13.2 Å². The number of rotatable bonds is 4. The van der Waals surface area contributed by atoms with Crippen molar-refractivity contribution in [3.63, 3.8) is 0 Å². The second-order valence-corrected chi connectivity index (χ2v) is 5.24. The topological polar surface area (TPSA) is 51.0 Å². The van der Waals surface area contributed by atoms with E-state index >= 15 is 0 Å². The quantitative estimate of drug-likeness (QED) is 0.884. The van der Waals surface area contributed by atoms with Crippen LogP contribution in [0.1, 0.15) is 30.8 Å². The number of nitrogens with one attached hydrogen (secondary N) is 1. The van der Waals surface area contributed by atoms with Crippen LogP contribution in [-0.2, 0) is 6.18 Å². The van der Waals surface area contributed by atoms with Crippen LogP contribution in [0.5, 0.6) is 0 Å². The molecule has 0 fully saturated rings. The van der Waals surface area contributed by atoms with Gasteiger partial charge in [0.2, 0.25) is 11.8 Å². The van der Waals surface area contributed by atoms with Gasteiger partial charge in [-0.15, -0.1) is 10.2 Å². The molecule has 0 spiro atoms. The zero-order valence-corrected chi connectivity index (χ0v) is 12.9. The van der Waals surface area contributed by atoms with Crippen LogP contribution in [-0.4, -0.2) is 17.2 Å². The summed E-state index contributed by atoms with van der Waals surface area (Å²) in [6.45, 7) is 1.94. The Kier molecular flexibility index (Phi) is 4.67. The van der Waals surface area contributed by atoms with Crippen molar-refractivity contribution in [2.75, 3.05) is 7.05 Å². The van der Waals surface area contributed by atoms with E-state index in [1.807, 2.05) is 6.92 Å². The molecule has 2 aromatic rings. The summed E-state index contributed by atoms with van der Waals surface area (Å²) in [7, 11) is 1.75. The van der Waals surface area contributed by atoms with Crippen LogP contribution in [0.25, 0.3) is 11.5 Å². The highest BCUT2D eigenvalue weighted by Gasteiger charge is 2.31. The van der Waals surface area contributed by atoms with Crippen molar-refractivity contribution >= 4 is 15.9 Å². The Morgan fingerprint density at radius 3 is 2.62 bits per heavy atom. The molecular weight excluding hydrogens is 351 g/mol. The van der Waals surface area contributed by atoms with Gasteiger partial charge in [0.05, 0.1) is 17.2 Å².